The monoisotopic (exact) mass is 373 g/mol. The number of hydrogen-bond donors (Lipinski definition) is 0. The van der Waals surface area contributed by atoms with E-state index in [-0.39, 0.29) is 5.92 Å². The van der Waals surface area contributed by atoms with E-state index >= 15 is 0 Å². The number of aromatic nitrogens is 2. The number of benzene rings is 2. The second kappa shape index (κ2) is 7.35. The number of rotatable bonds is 4. The normalized spacial score (nSPS) is 18.9. The van der Waals surface area contributed by atoms with Crippen molar-refractivity contribution in [2.75, 3.05) is 13.1 Å². The molecule has 0 spiro atoms. The number of fused-ring (bicyclic) bond motifs is 1. The number of piperidine rings is 1. The minimum atomic E-state index is -4.45. The van der Waals surface area contributed by atoms with E-state index in [0.29, 0.717) is 17.6 Å². The van der Waals surface area contributed by atoms with Gasteiger partial charge in [0.25, 0.3) is 0 Å². The molecular weight excluding hydrogens is 351 g/mol. The van der Waals surface area contributed by atoms with Crippen LogP contribution in [0, 0.1) is 5.92 Å². The predicted molar refractivity (Wildman–Crippen MR) is 99.2 cm³/mol. The maximum atomic E-state index is 13.5. The molecule has 0 aliphatic carbocycles. The molecule has 0 unspecified atom stereocenters. The Balaban J connectivity index is 1.55. The molecule has 1 fully saturated rings. The average Bonchev–Trinajstić information content (AvgIpc) is 3.02. The molecule has 0 amide bonds. The van der Waals surface area contributed by atoms with Crippen molar-refractivity contribution in [1.82, 2.24) is 14.5 Å². The number of hydrogen-bond acceptors (Lipinski definition) is 2. The van der Waals surface area contributed by atoms with Gasteiger partial charge in [0.05, 0.1) is 11.0 Å². The van der Waals surface area contributed by atoms with Crippen molar-refractivity contribution >= 4 is 11.0 Å². The Kier molecular flexibility index (Phi) is 4.91. The van der Waals surface area contributed by atoms with Crippen molar-refractivity contribution in [3.05, 3.63) is 66.0 Å². The molecule has 1 aliphatic rings. The summed E-state index contributed by atoms with van der Waals surface area (Å²) in [5, 5.41) is 0. The van der Waals surface area contributed by atoms with Gasteiger partial charge in [-0.2, -0.15) is 13.2 Å². The topological polar surface area (TPSA) is 21.1 Å². The molecule has 0 radical (unpaired) electrons. The lowest BCUT2D eigenvalue weighted by Crippen LogP contribution is -2.37. The average molecular weight is 373 g/mol. The van der Waals surface area contributed by atoms with Crippen LogP contribution in [-0.2, 0) is 19.3 Å². The first kappa shape index (κ1) is 18.0. The van der Waals surface area contributed by atoms with E-state index in [1.807, 2.05) is 18.2 Å². The van der Waals surface area contributed by atoms with Gasteiger partial charge in [-0.05, 0) is 43.0 Å². The van der Waals surface area contributed by atoms with Gasteiger partial charge in [0, 0.05) is 19.6 Å². The minimum absolute atomic E-state index is 0.182. The van der Waals surface area contributed by atoms with Crippen molar-refractivity contribution in [2.45, 2.75) is 32.1 Å². The first-order valence-electron chi connectivity index (χ1n) is 9.29. The van der Waals surface area contributed by atoms with Gasteiger partial charge in [0.2, 0.25) is 5.82 Å². The molecule has 1 saturated heterocycles. The SMILES string of the molecule is FC(F)(F)c1nc2ccccc2n1C[C@@H]1CCCN(Cc2ccccc2)C1. The third-order valence-corrected chi connectivity index (χ3v) is 5.20. The number of likely N-dealkylation sites (tertiary alicyclic amines) is 1. The van der Waals surface area contributed by atoms with Gasteiger partial charge in [0.1, 0.15) is 0 Å². The number of alkyl halides is 3. The first-order chi connectivity index (χ1) is 13.0. The van der Waals surface area contributed by atoms with Gasteiger partial charge in [-0.3, -0.25) is 4.90 Å². The second-order valence-electron chi connectivity index (χ2n) is 7.26. The van der Waals surface area contributed by atoms with Gasteiger partial charge in [0.15, 0.2) is 0 Å². The molecule has 0 bridgehead atoms. The third kappa shape index (κ3) is 4.00. The minimum Gasteiger partial charge on any atom is -0.320 e. The van der Waals surface area contributed by atoms with Crippen LogP contribution in [0.4, 0.5) is 13.2 Å². The summed E-state index contributed by atoms with van der Waals surface area (Å²) < 4.78 is 41.9. The van der Waals surface area contributed by atoms with E-state index in [1.165, 1.54) is 10.1 Å². The molecule has 6 heteroatoms. The molecular formula is C21H22F3N3. The third-order valence-electron chi connectivity index (χ3n) is 5.20. The molecule has 142 valence electrons. The zero-order valence-electron chi connectivity index (χ0n) is 15.0. The van der Waals surface area contributed by atoms with Crippen molar-refractivity contribution in [1.29, 1.82) is 0 Å². The standard InChI is InChI=1S/C21H22F3N3/c22-21(23,24)20-25-18-10-4-5-11-19(18)27(20)15-17-9-6-12-26(14-17)13-16-7-2-1-3-8-16/h1-5,7-8,10-11,17H,6,9,12-15H2/t17-/m1/s1. The quantitative estimate of drug-likeness (QED) is 0.644. The van der Waals surface area contributed by atoms with Crippen LogP contribution < -0.4 is 0 Å². The molecule has 3 aromatic rings. The Morgan fingerprint density at radius 3 is 2.52 bits per heavy atom. The summed E-state index contributed by atoms with van der Waals surface area (Å²) in [4.78, 5) is 6.20. The Hall–Kier alpha value is -2.34. The smallest absolute Gasteiger partial charge is 0.320 e. The van der Waals surface area contributed by atoms with E-state index in [4.69, 9.17) is 0 Å². The van der Waals surface area contributed by atoms with Crippen LogP contribution in [0.15, 0.2) is 54.6 Å². The molecule has 0 N–H and O–H groups in total. The van der Waals surface area contributed by atoms with Crippen LogP contribution >= 0.6 is 0 Å². The van der Waals surface area contributed by atoms with Crippen LogP contribution in [-0.4, -0.2) is 27.5 Å². The fourth-order valence-corrected chi connectivity index (χ4v) is 4.02. The Bertz CT molecular complexity index is 902. The molecule has 3 nitrogen and oxygen atoms in total. The van der Waals surface area contributed by atoms with Crippen LogP contribution in [0.1, 0.15) is 24.2 Å². The summed E-state index contributed by atoms with van der Waals surface area (Å²) in [7, 11) is 0. The molecule has 4 rings (SSSR count). The summed E-state index contributed by atoms with van der Waals surface area (Å²) in [5.74, 6) is -0.606. The van der Waals surface area contributed by atoms with E-state index in [9.17, 15) is 13.2 Å². The van der Waals surface area contributed by atoms with E-state index in [2.05, 4.69) is 22.0 Å². The summed E-state index contributed by atoms with van der Waals surface area (Å²) >= 11 is 0. The Morgan fingerprint density at radius 1 is 1.00 bits per heavy atom. The first-order valence-corrected chi connectivity index (χ1v) is 9.29. The van der Waals surface area contributed by atoms with Crippen molar-refractivity contribution in [3.63, 3.8) is 0 Å². The van der Waals surface area contributed by atoms with Gasteiger partial charge >= 0.3 is 6.18 Å². The summed E-state index contributed by atoms with van der Waals surface area (Å²) in [6, 6.07) is 17.1. The molecule has 0 saturated carbocycles. The lowest BCUT2D eigenvalue weighted by atomic mass is 9.97. The number of para-hydroxylation sites is 2. The Morgan fingerprint density at radius 2 is 1.74 bits per heavy atom. The van der Waals surface area contributed by atoms with Gasteiger partial charge in [-0.1, -0.05) is 42.5 Å². The zero-order chi connectivity index (χ0) is 18.9. The van der Waals surface area contributed by atoms with E-state index < -0.39 is 12.0 Å². The van der Waals surface area contributed by atoms with Gasteiger partial charge in [-0.25, -0.2) is 4.98 Å². The predicted octanol–water partition coefficient (Wildman–Crippen LogP) is 4.97. The highest BCUT2D eigenvalue weighted by molar-refractivity contribution is 5.76. The highest BCUT2D eigenvalue weighted by Crippen LogP contribution is 2.33. The summed E-state index contributed by atoms with van der Waals surface area (Å²) in [6.45, 7) is 2.98. The van der Waals surface area contributed by atoms with Crippen LogP contribution in [0.5, 0.6) is 0 Å². The van der Waals surface area contributed by atoms with Gasteiger partial charge < -0.3 is 4.57 Å². The number of nitrogens with zero attached hydrogens (tertiary/aromatic N) is 3. The number of halogens is 3. The van der Waals surface area contributed by atoms with Crippen LogP contribution in [0.2, 0.25) is 0 Å². The second-order valence-corrected chi connectivity index (χ2v) is 7.26. The van der Waals surface area contributed by atoms with Crippen molar-refractivity contribution in [2.24, 2.45) is 5.92 Å². The lowest BCUT2D eigenvalue weighted by Gasteiger charge is -2.33. The summed E-state index contributed by atoms with van der Waals surface area (Å²) in [5.41, 5.74) is 2.20. The highest BCUT2D eigenvalue weighted by atomic mass is 19.4. The molecule has 2 aromatic carbocycles. The number of imidazole rings is 1. The van der Waals surface area contributed by atoms with E-state index in [1.54, 1.807) is 24.3 Å². The largest absolute Gasteiger partial charge is 0.449 e. The molecule has 27 heavy (non-hydrogen) atoms. The Labute approximate surface area is 156 Å². The summed E-state index contributed by atoms with van der Waals surface area (Å²) in [6.07, 6.45) is -2.50. The van der Waals surface area contributed by atoms with Crippen LogP contribution in [0.3, 0.4) is 0 Å². The lowest BCUT2D eigenvalue weighted by molar-refractivity contribution is -0.147. The highest BCUT2D eigenvalue weighted by Gasteiger charge is 2.38. The fraction of sp³-hybridized carbons (Fsp3) is 0.381. The molecule has 1 aromatic heterocycles. The van der Waals surface area contributed by atoms with E-state index in [0.717, 1.165) is 32.5 Å². The maximum Gasteiger partial charge on any atom is 0.449 e. The van der Waals surface area contributed by atoms with Crippen molar-refractivity contribution in [3.8, 4) is 0 Å². The molecule has 1 aliphatic heterocycles. The maximum absolute atomic E-state index is 13.5. The fourth-order valence-electron chi connectivity index (χ4n) is 4.02. The van der Waals surface area contributed by atoms with Gasteiger partial charge in [-0.15, -0.1) is 0 Å². The molecule has 2 heterocycles. The zero-order valence-corrected chi connectivity index (χ0v) is 15.0. The van der Waals surface area contributed by atoms with Crippen LogP contribution in [0.25, 0.3) is 11.0 Å². The molecule has 1 atom stereocenters. The van der Waals surface area contributed by atoms with Crippen molar-refractivity contribution < 1.29 is 13.2 Å².